The molecule has 2 saturated carbocycles. The van der Waals surface area contributed by atoms with E-state index in [1.807, 2.05) is 30.1 Å². The fourth-order valence-corrected chi connectivity index (χ4v) is 5.18. The Labute approximate surface area is 187 Å². The van der Waals surface area contributed by atoms with E-state index in [0.29, 0.717) is 30.3 Å². The number of hydrogen-bond acceptors (Lipinski definition) is 3. The van der Waals surface area contributed by atoms with E-state index < -0.39 is 5.82 Å². The van der Waals surface area contributed by atoms with E-state index in [4.69, 9.17) is 11.6 Å². The summed E-state index contributed by atoms with van der Waals surface area (Å²) in [5.74, 6) is 0.00914. The van der Waals surface area contributed by atoms with Gasteiger partial charge in [0, 0.05) is 24.8 Å². The van der Waals surface area contributed by atoms with Gasteiger partial charge < -0.3 is 15.5 Å². The Balaban J connectivity index is 1.46. The quantitative estimate of drug-likeness (QED) is 0.670. The van der Waals surface area contributed by atoms with Crippen molar-refractivity contribution in [3.8, 4) is 6.07 Å². The van der Waals surface area contributed by atoms with E-state index in [9.17, 15) is 14.4 Å². The number of urea groups is 1. The molecule has 2 amide bonds. The van der Waals surface area contributed by atoms with Crippen molar-refractivity contribution >= 4 is 23.3 Å². The SMILES string of the molecule is CNCCN(C(=O)Nc1ccc(F)c(Cl)c1)[C@@H]1CC[C@]2(c3cccc(C#N)c3)CC2C1. The maximum Gasteiger partial charge on any atom is 0.322 e. The zero-order valence-electron chi connectivity index (χ0n) is 17.5. The highest BCUT2D eigenvalue weighted by Gasteiger charge is 2.58. The van der Waals surface area contributed by atoms with Crippen LogP contribution >= 0.6 is 11.6 Å². The first kappa shape index (κ1) is 21.6. The average Bonchev–Trinajstić information content (AvgIpc) is 3.52. The number of nitrogens with zero attached hydrogens (tertiary/aromatic N) is 2. The summed E-state index contributed by atoms with van der Waals surface area (Å²) in [7, 11) is 1.87. The highest BCUT2D eigenvalue weighted by Crippen LogP contribution is 2.62. The number of hydrogen-bond donors (Lipinski definition) is 2. The van der Waals surface area contributed by atoms with Crippen molar-refractivity contribution in [1.82, 2.24) is 10.2 Å². The molecule has 0 bridgehead atoms. The predicted molar refractivity (Wildman–Crippen MR) is 120 cm³/mol. The molecule has 0 aliphatic heterocycles. The minimum atomic E-state index is -0.510. The van der Waals surface area contributed by atoms with Crippen LogP contribution in [0, 0.1) is 23.1 Å². The van der Waals surface area contributed by atoms with E-state index in [2.05, 4.69) is 22.8 Å². The third kappa shape index (κ3) is 4.39. The number of benzene rings is 2. The van der Waals surface area contributed by atoms with Crippen LogP contribution in [0.25, 0.3) is 0 Å². The monoisotopic (exact) mass is 440 g/mol. The fourth-order valence-electron chi connectivity index (χ4n) is 5.00. The van der Waals surface area contributed by atoms with Gasteiger partial charge in [-0.2, -0.15) is 5.26 Å². The van der Waals surface area contributed by atoms with Gasteiger partial charge in [-0.1, -0.05) is 23.7 Å². The van der Waals surface area contributed by atoms with Gasteiger partial charge in [-0.25, -0.2) is 9.18 Å². The molecule has 2 aromatic rings. The second kappa shape index (κ2) is 8.86. The van der Waals surface area contributed by atoms with Gasteiger partial charge in [0.25, 0.3) is 0 Å². The van der Waals surface area contributed by atoms with Crippen LogP contribution in [0.5, 0.6) is 0 Å². The largest absolute Gasteiger partial charge is 0.322 e. The summed E-state index contributed by atoms with van der Waals surface area (Å²) < 4.78 is 13.4. The fraction of sp³-hybridized carbons (Fsp3) is 0.417. The molecular formula is C24H26ClFN4O. The minimum Gasteiger partial charge on any atom is -0.320 e. The lowest BCUT2D eigenvalue weighted by Crippen LogP contribution is -2.47. The van der Waals surface area contributed by atoms with Crippen molar-refractivity contribution < 1.29 is 9.18 Å². The molecule has 7 heteroatoms. The van der Waals surface area contributed by atoms with Crippen molar-refractivity contribution in [3.63, 3.8) is 0 Å². The van der Waals surface area contributed by atoms with Gasteiger partial charge in [-0.05, 0) is 80.0 Å². The lowest BCUT2D eigenvalue weighted by atomic mass is 9.80. The van der Waals surface area contributed by atoms with Crippen LogP contribution in [0.1, 0.15) is 36.8 Å². The number of carbonyl (C=O) groups excluding carboxylic acids is 1. The van der Waals surface area contributed by atoms with E-state index in [1.54, 1.807) is 0 Å². The molecule has 0 aromatic heterocycles. The maximum atomic E-state index is 13.4. The highest BCUT2D eigenvalue weighted by atomic mass is 35.5. The van der Waals surface area contributed by atoms with Gasteiger partial charge in [-0.15, -0.1) is 0 Å². The Morgan fingerprint density at radius 1 is 1.35 bits per heavy atom. The molecule has 1 unspecified atom stereocenters. The molecule has 2 aliphatic rings. The van der Waals surface area contributed by atoms with Gasteiger partial charge in [0.05, 0.1) is 16.7 Å². The molecule has 3 atom stereocenters. The van der Waals surface area contributed by atoms with Gasteiger partial charge >= 0.3 is 6.03 Å². The summed E-state index contributed by atoms with van der Waals surface area (Å²) in [6.07, 6.45) is 3.96. The zero-order valence-corrected chi connectivity index (χ0v) is 18.3. The molecule has 162 valence electrons. The van der Waals surface area contributed by atoms with E-state index in [-0.39, 0.29) is 22.5 Å². The third-order valence-corrected chi connectivity index (χ3v) is 7.04. The Hall–Kier alpha value is -2.62. The molecule has 2 aromatic carbocycles. The van der Waals surface area contributed by atoms with E-state index in [0.717, 1.165) is 25.7 Å². The molecule has 0 radical (unpaired) electrons. The van der Waals surface area contributed by atoms with Crippen LogP contribution in [0.4, 0.5) is 14.9 Å². The van der Waals surface area contributed by atoms with Crippen molar-refractivity contribution in [3.05, 3.63) is 64.4 Å². The van der Waals surface area contributed by atoms with Crippen molar-refractivity contribution in [2.75, 3.05) is 25.5 Å². The molecule has 2 N–H and O–H groups in total. The zero-order chi connectivity index (χ0) is 22.0. The van der Waals surface area contributed by atoms with Gasteiger partial charge in [-0.3, -0.25) is 0 Å². The summed E-state index contributed by atoms with van der Waals surface area (Å²) in [6, 6.07) is 14.3. The minimum absolute atomic E-state index is 0.0143. The van der Waals surface area contributed by atoms with Crippen molar-refractivity contribution in [1.29, 1.82) is 5.26 Å². The van der Waals surface area contributed by atoms with Crippen molar-refractivity contribution in [2.24, 2.45) is 5.92 Å². The van der Waals surface area contributed by atoms with Crippen LogP contribution < -0.4 is 10.6 Å². The summed E-state index contributed by atoms with van der Waals surface area (Å²) in [6.45, 7) is 1.28. The standard InChI is InChI=1S/C24H26ClFN4O/c1-28-9-10-30(23(31)29-19-5-6-22(26)21(25)13-19)20-7-8-24(14-18(24)12-20)17-4-2-3-16(11-17)15-27/h2-6,11,13,18,20,28H,7-10,12,14H2,1H3,(H,29,31)/t18?,20-,24-/m1/s1. The summed E-state index contributed by atoms with van der Waals surface area (Å²) in [5.41, 5.74) is 2.59. The summed E-state index contributed by atoms with van der Waals surface area (Å²) in [4.78, 5) is 15.0. The number of amides is 2. The highest BCUT2D eigenvalue weighted by molar-refractivity contribution is 6.31. The summed E-state index contributed by atoms with van der Waals surface area (Å²) >= 11 is 5.86. The van der Waals surface area contributed by atoms with E-state index in [1.165, 1.54) is 23.8 Å². The van der Waals surface area contributed by atoms with Gasteiger partial charge in [0.15, 0.2) is 0 Å². The number of anilines is 1. The molecule has 2 aliphatic carbocycles. The Morgan fingerprint density at radius 3 is 2.90 bits per heavy atom. The van der Waals surface area contributed by atoms with Crippen LogP contribution in [0.15, 0.2) is 42.5 Å². The maximum absolute atomic E-state index is 13.4. The molecule has 5 nitrogen and oxygen atoms in total. The summed E-state index contributed by atoms with van der Waals surface area (Å²) in [5, 5.41) is 15.2. The first-order valence-electron chi connectivity index (χ1n) is 10.6. The lowest BCUT2D eigenvalue weighted by molar-refractivity contribution is 0.161. The second-order valence-electron chi connectivity index (χ2n) is 8.53. The topological polar surface area (TPSA) is 68.2 Å². The number of halogens is 2. The van der Waals surface area contributed by atoms with Crippen LogP contribution in [0.3, 0.4) is 0 Å². The Bertz CT molecular complexity index is 1020. The smallest absolute Gasteiger partial charge is 0.320 e. The lowest BCUT2D eigenvalue weighted by Gasteiger charge is -2.37. The number of nitrogens with one attached hydrogen (secondary N) is 2. The normalized spacial score (nSPS) is 24.1. The van der Waals surface area contributed by atoms with Gasteiger partial charge in [0.1, 0.15) is 5.82 Å². The molecule has 0 spiro atoms. The molecule has 31 heavy (non-hydrogen) atoms. The van der Waals surface area contributed by atoms with E-state index >= 15 is 0 Å². The van der Waals surface area contributed by atoms with Crippen LogP contribution in [-0.2, 0) is 5.41 Å². The number of fused-ring (bicyclic) bond motifs is 1. The van der Waals surface area contributed by atoms with Crippen LogP contribution in [0.2, 0.25) is 5.02 Å². The molecule has 0 heterocycles. The second-order valence-corrected chi connectivity index (χ2v) is 8.94. The first-order chi connectivity index (χ1) is 15.0. The average molecular weight is 441 g/mol. The van der Waals surface area contributed by atoms with Crippen LogP contribution in [-0.4, -0.2) is 37.1 Å². The van der Waals surface area contributed by atoms with Gasteiger partial charge in [0.2, 0.25) is 0 Å². The molecule has 4 rings (SSSR count). The predicted octanol–water partition coefficient (Wildman–Crippen LogP) is 4.91. The Kier molecular flexibility index (Phi) is 6.17. The number of nitriles is 1. The molecule has 0 saturated heterocycles. The Morgan fingerprint density at radius 2 is 2.19 bits per heavy atom. The number of carbonyl (C=O) groups is 1. The van der Waals surface area contributed by atoms with Crippen molar-refractivity contribution in [2.45, 2.75) is 37.1 Å². The molecular weight excluding hydrogens is 415 g/mol. The number of rotatable bonds is 6. The molecule has 2 fully saturated rings. The number of likely N-dealkylation sites (N-methyl/N-ethyl adjacent to an activating group) is 1. The first-order valence-corrected chi connectivity index (χ1v) is 11.0. The third-order valence-electron chi connectivity index (χ3n) is 6.75.